The van der Waals surface area contributed by atoms with Gasteiger partial charge in [-0.25, -0.2) is 0 Å². The van der Waals surface area contributed by atoms with Crippen LogP contribution in [0.4, 0.5) is 5.69 Å². The molecule has 2 heterocycles. The van der Waals surface area contributed by atoms with Gasteiger partial charge in [0.25, 0.3) is 0 Å². The normalized spacial score (nSPS) is 20.4. The first kappa shape index (κ1) is 9.22. The minimum Gasteiger partial charge on any atom is -0.376 e. The van der Waals surface area contributed by atoms with Crippen LogP contribution in [0.3, 0.4) is 0 Å². The van der Waals surface area contributed by atoms with Crippen molar-refractivity contribution in [1.82, 2.24) is 0 Å². The van der Waals surface area contributed by atoms with Crippen molar-refractivity contribution in [3.8, 4) is 0 Å². The maximum Gasteiger partial charge on any atom is 0.0719 e. The number of hydrogen-bond acceptors (Lipinski definition) is 2. The Morgan fingerprint density at radius 3 is 2.80 bits per heavy atom. The molecule has 2 heteroatoms. The van der Waals surface area contributed by atoms with Crippen LogP contribution in [0.2, 0.25) is 0 Å². The van der Waals surface area contributed by atoms with Gasteiger partial charge in [-0.15, -0.1) is 0 Å². The fourth-order valence-electron chi connectivity index (χ4n) is 2.52. The van der Waals surface area contributed by atoms with Gasteiger partial charge in [-0.2, -0.15) is 0 Å². The Labute approximate surface area is 90.8 Å². The summed E-state index contributed by atoms with van der Waals surface area (Å²) in [5.74, 6) is 0. The molecule has 0 aliphatic carbocycles. The molecule has 0 amide bonds. The highest BCUT2D eigenvalue weighted by Gasteiger charge is 2.15. The lowest BCUT2D eigenvalue weighted by molar-refractivity contribution is 0.111. The molecule has 2 aliphatic rings. The first-order valence-corrected chi connectivity index (χ1v) is 5.88. The number of benzene rings is 1. The molecule has 2 aliphatic heterocycles. The minimum absolute atomic E-state index is 0.801. The van der Waals surface area contributed by atoms with E-state index in [9.17, 15) is 0 Å². The molecule has 2 nitrogen and oxygen atoms in total. The summed E-state index contributed by atoms with van der Waals surface area (Å²) in [5.41, 5.74) is 4.28. The van der Waals surface area contributed by atoms with Crippen molar-refractivity contribution in [1.29, 1.82) is 0 Å². The topological polar surface area (TPSA) is 12.5 Å². The van der Waals surface area contributed by atoms with Crippen molar-refractivity contribution in [3.05, 3.63) is 29.3 Å². The third kappa shape index (κ3) is 1.74. The molecule has 0 radical (unpaired) electrons. The molecule has 0 aromatic heterocycles. The summed E-state index contributed by atoms with van der Waals surface area (Å²) in [6.45, 7) is 4.15. The fraction of sp³-hybridized carbons (Fsp3) is 0.538. The highest BCUT2D eigenvalue weighted by atomic mass is 16.5. The molecule has 15 heavy (non-hydrogen) atoms. The maximum atomic E-state index is 5.45. The van der Waals surface area contributed by atoms with Crippen LogP contribution in [-0.2, 0) is 17.8 Å². The summed E-state index contributed by atoms with van der Waals surface area (Å²) >= 11 is 0. The Morgan fingerprint density at radius 2 is 1.93 bits per heavy atom. The summed E-state index contributed by atoms with van der Waals surface area (Å²) in [5, 5.41) is 0. The van der Waals surface area contributed by atoms with Gasteiger partial charge < -0.3 is 9.64 Å². The van der Waals surface area contributed by atoms with Crippen LogP contribution in [0.5, 0.6) is 0 Å². The molecule has 3 rings (SSSR count). The van der Waals surface area contributed by atoms with Gasteiger partial charge in [-0.05, 0) is 42.5 Å². The van der Waals surface area contributed by atoms with Crippen molar-refractivity contribution in [2.75, 3.05) is 24.6 Å². The number of nitrogens with zero attached hydrogens (tertiary/aromatic N) is 1. The second-order valence-electron chi connectivity index (χ2n) is 4.45. The van der Waals surface area contributed by atoms with E-state index in [1.54, 1.807) is 0 Å². The molecule has 0 saturated carbocycles. The lowest BCUT2D eigenvalue weighted by Crippen LogP contribution is -2.19. The molecule has 0 atom stereocenters. The lowest BCUT2D eigenvalue weighted by Gasteiger charge is -2.22. The van der Waals surface area contributed by atoms with Crippen LogP contribution in [0.15, 0.2) is 18.2 Å². The lowest BCUT2D eigenvalue weighted by atomic mass is 10.0. The molecule has 1 saturated heterocycles. The number of hydrogen-bond donors (Lipinski definition) is 0. The molecule has 1 aromatic carbocycles. The molecule has 0 N–H and O–H groups in total. The van der Waals surface area contributed by atoms with Gasteiger partial charge in [0.2, 0.25) is 0 Å². The molecular formula is C13H17NO. The Balaban J connectivity index is 1.89. The predicted molar refractivity (Wildman–Crippen MR) is 61.2 cm³/mol. The predicted octanol–water partition coefficient (Wildman–Crippen LogP) is 2.36. The number of rotatable bonds is 1. The monoisotopic (exact) mass is 203 g/mol. The number of fused-ring (bicyclic) bond motifs is 1. The van der Waals surface area contributed by atoms with Crippen LogP contribution >= 0.6 is 0 Å². The summed E-state index contributed by atoms with van der Waals surface area (Å²) in [6.07, 6.45) is 3.78. The van der Waals surface area contributed by atoms with E-state index in [1.807, 2.05) is 0 Å². The molecular weight excluding hydrogens is 186 g/mol. The zero-order valence-corrected chi connectivity index (χ0v) is 9.04. The van der Waals surface area contributed by atoms with Gasteiger partial charge in [0, 0.05) is 18.8 Å². The smallest absolute Gasteiger partial charge is 0.0719 e. The van der Waals surface area contributed by atoms with Gasteiger partial charge in [0.15, 0.2) is 0 Å². The van der Waals surface area contributed by atoms with E-state index in [2.05, 4.69) is 23.1 Å². The summed E-state index contributed by atoms with van der Waals surface area (Å²) in [6, 6.07) is 6.85. The van der Waals surface area contributed by atoms with Crippen molar-refractivity contribution >= 4 is 5.69 Å². The highest BCUT2D eigenvalue weighted by Crippen LogP contribution is 2.25. The number of ether oxygens (including phenoxy) is 1. The van der Waals surface area contributed by atoms with Crippen molar-refractivity contribution in [2.45, 2.75) is 25.9 Å². The van der Waals surface area contributed by atoms with Crippen LogP contribution < -0.4 is 4.90 Å². The van der Waals surface area contributed by atoms with Crippen molar-refractivity contribution < 1.29 is 4.74 Å². The summed E-state index contributed by atoms with van der Waals surface area (Å²) in [4.78, 5) is 2.50. The van der Waals surface area contributed by atoms with E-state index in [-0.39, 0.29) is 0 Å². The fourth-order valence-corrected chi connectivity index (χ4v) is 2.52. The van der Waals surface area contributed by atoms with Crippen LogP contribution in [0, 0.1) is 0 Å². The highest BCUT2D eigenvalue weighted by molar-refractivity contribution is 5.52. The summed E-state index contributed by atoms with van der Waals surface area (Å²) < 4.78 is 5.45. The molecule has 0 spiro atoms. The van der Waals surface area contributed by atoms with Crippen LogP contribution in [0.25, 0.3) is 0 Å². The van der Waals surface area contributed by atoms with E-state index in [4.69, 9.17) is 4.74 Å². The first-order valence-electron chi connectivity index (χ1n) is 5.88. The number of anilines is 1. The van der Waals surface area contributed by atoms with Gasteiger partial charge in [-0.1, -0.05) is 6.07 Å². The third-order valence-corrected chi connectivity index (χ3v) is 3.43. The Kier molecular flexibility index (Phi) is 2.37. The largest absolute Gasteiger partial charge is 0.376 e. The molecule has 1 aromatic rings. The van der Waals surface area contributed by atoms with E-state index < -0.39 is 0 Å². The Bertz CT molecular complexity index is 356. The quantitative estimate of drug-likeness (QED) is 0.694. The maximum absolute atomic E-state index is 5.45. The average molecular weight is 203 g/mol. The van der Waals surface area contributed by atoms with Crippen molar-refractivity contribution in [3.63, 3.8) is 0 Å². The van der Waals surface area contributed by atoms with E-state index >= 15 is 0 Å². The molecule has 80 valence electrons. The van der Waals surface area contributed by atoms with Gasteiger partial charge in [-0.3, -0.25) is 0 Å². The average Bonchev–Trinajstić information content (AvgIpc) is 2.82. The third-order valence-electron chi connectivity index (χ3n) is 3.43. The molecule has 1 fully saturated rings. The van der Waals surface area contributed by atoms with Gasteiger partial charge in [0.1, 0.15) is 0 Å². The zero-order valence-electron chi connectivity index (χ0n) is 9.04. The van der Waals surface area contributed by atoms with E-state index in [0.717, 1.165) is 19.6 Å². The molecule has 0 bridgehead atoms. The standard InChI is InChI=1S/C13H17NO/c1-2-7-14(6-1)13-4-3-12-10-15-8-5-11(12)9-13/h3-4,9H,1-2,5-8,10H2. The SMILES string of the molecule is c1cc2c(cc1N1CCCC1)CCOC2. The van der Waals surface area contributed by atoms with Crippen molar-refractivity contribution in [2.24, 2.45) is 0 Å². The van der Waals surface area contributed by atoms with E-state index in [1.165, 1.54) is 42.7 Å². The zero-order chi connectivity index (χ0) is 10.1. The molecule has 0 unspecified atom stereocenters. The minimum atomic E-state index is 0.801. The van der Waals surface area contributed by atoms with Crippen LogP contribution in [-0.4, -0.2) is 19.7 Å². The second kappa shape index (κ2) is 3.86. The van der Waals surface area contributed by atoms with Gasteiger partial charge in [0.05, 0.1) is 13.2 Å². The van der Waals surface area contributed by atoms with E-state index in [0.29, 0.717) is 0 Å². The summed E-state index contributed by atoms with van der Waals surface area (Å²) in [7, 11) is 0. The second-order valence-corrected chi connectivity index (χ2v) is 4.45. The Morgan fingerprint density at radius 1 is 1.07 bits per heavy atom. The Hall–Kier alpha value is -1.02. The first-order chi connectivity index (χ1) is 7.43. The van der Waals surface area contributed by atoms with Gasteiger partial charge >= 0.3 is 0 Å². The van der Waals surface area contributed by atoms with Crippen LogP contribution in [0.1, 0.15) is 24.0 Å².